The van der Waals surface area contributed by atoms with Gasteiger partial charge in [0.1, 0.15) is 0 Å². The molecule has 0 radical (unpaired) electrons. The molecule has 3 heteroatoms. The van der Waals surface area contributed by atoms with Crippen molar-refractivity contribution in [1.82, 2.24) is 4.90 Å². The van der Waals surface area contributed by atoms with Crippen molar-refractivity contribution in [2.45, 2.75) is 69.9 Å². The van der Waals surface area contributed by atoms with E-state index in [0.717, 1.165) is 25.3 Å². The quantitative estimate of drug-likeness (QED) is 0.835. The fourth-order valence-corrected chi connectivity index (χ4v) is 4.04. The fraction of sp³-hybridized carbons (Fsp3) is 0.933. The van der Waals surface area contributed by atoms with Crippen LogP contribution >= 0.6 is 0 Å². The first-order valence-corrected chi connectivity index (χ1v) is 7.70. The third-order valence-electron chi connectivity index (χ3n) is 5.39. The van der Waals surface area contributed by atoms with Gasteiger partial charge < -0.3 is 10.6 Å². The molecular formula is C15H26N2O. The predicted octanol–water partition coefficient (Wildman–Crippen LogP) is 2.29. The molecule has 3 rings (SSSR count). The summed E-state index contributed by atoms with van der Waals surface area (Å²) in [5.41, 5.74) is 5.72. The molecule has 3 aliphatic rings. The van der Waals surface area contributed by atoms with Crippen LogP contribution in [-0.4, -0.2) is 28.9 Å². The summed E-state index contributed by atoms with van der Waals surface area (Å²) in [6.07, 6.45) is 10.0. The van der Waals surface area contributed by atoms with Gasteiger partial charge in [0.05, 0.1) is 5.54 Å². The lowest BCUT2D eigenvalue weighted by atomic mass is 9.91. The third-order valence-corrected chi connectivity index (χ3v) is 5.39. The topological polar surface area (TPSA) is 46.3 Å². The maximum absolute atomic E-state index is 12.7. The second-order valence-corrected chi connectivity index (χ2v) is 6.81. The maximum atomic E-state index is 12.7. The van der Waals surface area contributed by atoms with E-state index >= 15 is 0 Å². The molecular weight excluding hydrogens is 224 g/mol. The number of amides is 1. The molecule has 0 aromatic carbocycles. The highest BCUT2D eigenvalue weighted by Crippen LogP contribution is 2.41. The number of hydrogen-bond acceptors (Lipinski definition) is 2. The van der Waals surface area contributed by atoms with Gasteiger partial charge in [-0.05, 0) is 57.3 Å². The molecule has 1 saturated heterocycles. The summed E-state index contributed by atoms with van der Waals surface area (Å²) in [6, 6.07) is 0.502. The SMILES string of the molecule is CC(N)(C(=O)N1CCCC1C1CCCC1)C1CC1. The molecule has 2 aliphatic carbocycles. The zero-order valence-electron chi connectivity index (χ0n) is 11.5. The first kappa shape index (κ1) is 12.5. The minimum Gasteiger partial charge on any atom is -0.338 e. The Hall–Kier alpha value is -0.570. The van der Waals surface area contributed by atoms with E-state index in [1.165, 1.54) is 38.5 Å². The summed E-state index contributed by atoms with van der Waals surface area (Å²) < 4.78 is 0. The number of hydrogen-bond donors (Lipinski definition) is 1. The smallest absolute Gasteiger partial charge is 0.242 e. The van der Waals surface area contributed by atoms with Crippen LogP contribution in [0.25, 0.3) is 0 Å². The minimum atomic E-state index is -0.596. The van der Waals surface area contributed by atoms with E-state index in [0.29, 0.717) is 12.0 Å². The molecule has 2 N–H and O–H groups in total. The predicted molar refractivity (Wildman–Crippen MR) is 72.0 cm³/mol. The number of carbonyl (C=O) groups is 1. The molecule has 1 aliphatic heterocycles. The fourth-order valence-electron chi connectivity index (χ4n) is 4.04. The summed E-state index contributed by atoms with van der Waals surface area (Å²) in [6.45, 7) is 2.90. The van der Waals surface area contributed by atoms with Gasteiger partial charge in [0.15, 0.2) is 0 Å². The van der Waals surface area contributed by atoms with Crippen LogP contribution in [0.4, 0.5) is 0 Å². The van der Waals surface area contributed by atoms with E-state index in [1.54, 1.807) is 0 Å². The Morgan fingerprint density at radius 2 is 1.78 bits per heavy atom. The van der Waals surface area contributed by atoms with Crippen LogP contribution in [0.15, 0.2) is 0 Å². The number of likely N-dealkylation sites (tertiary alicyclic amines) is 1. The Bertz CT molecular complexity index is 329. The molecule has 0 spiro atoms. The molecule has 0 aromatic heterocycles. The number of nitrogens with zero attached hydrogens (tertiary/aromatic N) is 1. The standard InChI is InChI=1S/C15H26N2O/c1-15(16,12-8-9-12)14(18)17-10-4-7-13(17)11-5-2-3-6-11/h11-13H,2-10,16H2,1H3. The monoisotopic (exact) mass is 250 g/mol. The molecule has 1 heterocycles. The molecule has 0 bridgehead atoms. The molecule has 18 heavy (non-hydrogen) atoms. The summed E-state index contributed by atoms with van der Waals surface area (Å²) in [7, 11) is 0. The van der Waals surface area contributed by atoms with Crippen LogP contribution in [0, 0.1) is 11.8 Å². The van der Waals surface area contributed by atoms with E-state index in [4.69, 9.17) is 5.73 Å². The van der Waals surface area contributed by atoms with Crippen LogP contribution < -0.4 is 5.73 Å². The second-order valence-electron chi connectivity index (χ2n) is 6.81. The van der Waals surface area contributed by atoms with E-state index < -0.39 is 5.54 Å². The van der Waals surface area contributed by atoms with Crippen LogP contribution in [0.1, 0.15) is 58.3 Å². The summed E-state index contributed by atoms with van der Waals surface area (Å²) >= 11 is 0. The van der Waals surface area contributed by atoms with Gasteiger partial charge in [-0.25, -0.2) is 0 Å². The van der Waals surface area contributed by atoms with Crippen molar-refractivity contribution in [2.24, 2.45) is 17.6 Å². The highest BCUT2D eigenvalue weighted by molar-refractivity contribution is 5.87. The second kappa shape index (κ2) is 4.52. The molecule has 2 atom stereocenters. The molecule has 2 saturated carbocycles. The van der Waals surface area contributed by atoms with E-state index in [-0.39, 0.29) is 5.91 Å². The van der Waals surface area contributed by atoms with E-state index in [2.05, 4.69) is 4.90 Å². The van der Waals surface area contributed by atoms with Gasteiger partial charge >= 0.3 is 0 Å². The van der Waals surface area contributed by atoms with Crippen LogP contribution in [0.3, 0.4) is 0 Å². The largest absolute Gasteiger partial charge is 0.338 e. The molecule has 3 fully saturated rings. The molecule has 0 aromatic rings. The average molecular weight is 250 g/mol. The molecule has 1 amide bonds. The van der Waals surface area contributed by atoms with Gasteiger partial charge in [-0.15, -0.1) is 0 Å². The Morgan fingerprint density at radius 1 is 1.11 bits per heavy atom. The molecule has 2 unspecified atom stereocenters. The van der Waals surface area contributed by atoms with Gasteiger partial charge in [-0.1, -0.05) is 12.8 Å². The Kier molecular flexibility index (Phi) is 3.13. The summed E-state index contributed by atoms with van der Waals surface area (Å²) in [5, 5.41) is 0. The van der Waals surface area contributed by atoms with Gasteiger partial charge in [-0.3, -0.25) is 4.79 Å². The number of carbonyl (C=O) groups excluding carboxylic acids is 1. The first-order valence-electron chi connectivity index (χ1n) is 7.70. The number of nitrogens with two attached hydrogens (primary N) is 1. The lowest BCUT2D eigenvalue weighted by Gasteiger charge is -2.35. The first-order chi connectivity index (χ1) is 8.60. The van der Waals surface area contributed by atoms with Gasteiger partial charge in [-0.2, -0.15) is 0 Å². The zero-order valence-corrected chi connectivity index (χ0v) is 11.5. The summed E-state index contributed by atoms with van der Waals surface area (Å²) in [5.74, 6) is 1.43. The van der Waals surface area contributed by atoms with Crippen LogP contribution in [0.5, 0.6) is 0 Å². The Morgan fingerprint density at radius 3 is 2.39 bits per heavy atom. The molecule has 102 valence electrons. The number of rotatable bonds is 3. The van der Waals surface area contributed by atoms with Crippen molar-refractivity contribution in [3.8, 4) is 0 Å². The lowest BCUT2D eigenvalue weighted by Crippen LogP contribution is -2.56. The molecule has 3 nitrogen and oxygen atoms in total. The highest BCUT2D eigenvalue weighted by Gasteiger charge is 2.48. The van der Waals surface area contributed by atoms with Crippen molar-refractivity contribution in [2.75, 3.05) is 6.54 Å². The Balaban J connectivity index is 1.71. The summed E-state index contributed by atoms with van der Waals surface area (Å²) in [4.78, 5) is 14.9. The average Bonchev–Trinajstić information content (AvgIpc) is 2.91. The van der Waals surface area contributed by atoms with Crippen molar-refractivity contribution >= 4 is 5.91 Å². The van der Waals surface area contributed by atoms with E-state index in [1.807, 2.05) is 6.92 Å². The van der Waals surface area contributed by atoms with Gasteiger partial charge in [0.25, 0.3) is 0 Å². The van der Waals surface area contributed by atoms with Crippen LogP contribution in [0.2, 0.25) is 0 Å². The highest BCUT2D eigenvalue weighted by atomic mass is 16.2. The maximum Gasteiger partial charge on any atom is 0.242 e. The Labute approximate surface area is 110 Å². The third kappa shape index (κ3) is 2.07. The normalized spacial score (nSPS) is 32.8. The van der Waals surface area contributed by atoms with Crippen molar-refractivity contribution < 1.29 is 4.79 Å². The minimum absolute atomic E-state index is 0.236. The van der Waals surface area contributed by atoms with E-state index in [9.17, 15) is 4.79 Å². The van der Waals surface area contributed by atoms with Gasteiger partial charge in [0.2, 0.25) is 5.91 Å². The zero-order chi connectivity index (χ0) is 12.8. The van der Waals surface area contributed by atoms with Gasteiger partial charge in [0, 0.05) is 12.6 Å². The lowest BCUT2D eigenvalue weighted by molar-refractivity contribution is -0.139. The van der Waals surface area contributed by atoms with Crippen LogP contribution in [-0.2, 0) is 4.79 Å². The van der Waals surface area contributed by atoms with Crippen molar-refractivity contribution in [1.29, 1.82) is 0 Å². The van der Waals surface area contributed by atoms with Crippen molar-refractivity contribution in [3.63, 3.8) is 0 Å². The van der Waals surface area contributed by atoms with Crippen molar-refractivity contribution in [3.05, 3.63) is 0 Å².